The highest BCUT2D eigenvalue weighted by atomic mass is 32.1. The first kappa shape index (κ1) is 34.3. The van der Waals surface area contributed by atoms with Crippen LogP contribution in [0.3, 0.4) is 0 Å². The number of carbonyl (C=O) groups excluding carboxylic acids is 1. The van der Waals surface area contributed by atoms with Gasteiger partial charge in [0.15, 0.2) is 8.32 Å². The van der Waals surface area contributed by atoms with Crippen molar-refractivity contribution in [3.05, 3.63) is 57.3 Å². The van der Waals surface area contributed by atoms with Crippen molar-refractivity contribution < 1.29 is 27.5 Å². The highest BCUT2D eigenvalue weighted by molar-refractivity contribution is 7.17. The number of hydrogen-bond donors (Lipinski definition) is 3. The molecule has 244 valence electrons. The van der Waals surface area contributed by atoms with Crippen LogP contribution in [-0.2, 0) is 9.16 Å². The summed E-state index contributed by atoms with van der Waals surface area (Å²) in [6, 6.07) is 4.67. The van der Waals surface area contributed by atoms with Gasteiger partial charge in [-0.15, -0.1) is 11.3 Å². The van der Waals surface area contributed by atoms with Crippen LogP contribution in [0.4, 0.5) is 13.6 Å². The maximum absolute atomic E-state index is 15.9. The number of alkyl carbamates (subject to hydrolysis) is 1. The molecule has 0 aliphatic heterocycles. The molecule has 0 unspecified atom stereocenters. The number of halogens is 2. The van der Waals surface area contributed by atoms with E-state index < -0.39 is 43.2 Å². The predicted octanol–water partition coefficient (Wildman–Crippen LogP) is 8.30. The van der Waals surface area contributed by atoms with Gasteiger partial charge >= 0.3 is 6.09 Å². The van der Waals surface area contributed by atoms with E-state index in [9.17, 15) is 14.0 Å². The zero-order valence-electron chi connectivity index (χ0n) is 27.4. The van der Waals surface area contributed by atoms with E-state index in [1.54, 1.807) is 45.2 Å². The molecule has 4 rings (SSSR count). The molecule has 45 heavy (non-hydrogen) atoms. The number of aromatic amines is 2. The molecule has 0 saturated carbocycles. The summed E-state index contributed by atoms with van der Waals surface area (Å²) in [6.45, 7) is 19.6. The Labute approximate surface area is 266 Å². The van der Waals surface area contributed by atoms with Crippen molar-refractivity contribution in [1.29, 1.82) is 0 Å². The van der Waals surface area contributed by atoms with Crippen LogP contribution in [0.25, 0.3) is 32.6 Å². The minimum atomic E-state index is -2.13. The summed E-state index contributed by atoms with van der Waals surface area (Å²) in [5.74, 6) is -1.69. The fraction of sp³-hybridized carbons (Fsp3) is 0.469. The summed E-state index contributed by atoms with van der Waals surface area (Å²) in [5.41, 5.74) is 0.228. The van der Waals surface area contributed by atoms with Crippen LogP contribution in [0.1, 0.15) is 67.1 Å². The Morgan fingerprint density at radius 3 is 2.42 bits per heavy atom. The van der Waals surface area contributed by atoms with Crippen LogP contribution in [0.2, 0.25) is 18.1 Å². The number of carbonyl (C=O) groups is 1. The Kier molecular flexibility index (Phi) is 9.67. The first-order chi connectivity index (χ1) is 20.8. The summed E-state index contributed by atoms with van der Waals surface area (Å²) in [5, 5.41) is 12.1. The number of hydrogen-bond acceptors (Lipinski definition) is 7. The Hall–Kier alpha value is -3.55. The molecule has 3 aromatic heterocycles. The summed E-state index contributed by atoms with van der Waals surface area (Å²) < 4.78 is 48.8. The molecule has 0 saturated heterocycles. The van der Waals surface area contributed by atoms with Gasteiger partial charge < -0.3 is 24.2 Å². The lowest BCUT2D eigenvalue weighted by atomic mass is 9.98. The fourth-order valence-corrected chi connectivity index (χ4v) is 6.92. The lowest BCUT2D eigenvalue weighted by molar-refractivity contribution is 0.0507. The van der Waals surface area contributed by atoms with Crippen molar-refractivity contribution in [1.82, 2.24) is 20.5 Å². The normalized spacial score (nSPS) is 14.0. The Bertz CT molecular complexity index is 1750. The Balaban J connectivity index is 1.77. The van der Waals surface area contributed by atoms with E-state index in [4.69, 9.17) is 13.9 Å². The molecule has 1 amide bonds. The average Bonchev–Trinajstić information content (AvgIpc) is 3.56. The molecule has 4 aromatic rings. The predicted molar refractivity (Wildman–Crippen MR) is 176 cm³/mol. The molecule has 2 atom stereocenters. The number of fused-ring (bicyclic) bond motifs is 1. The highest BCUT2D eigenvalue weighted by Gasteiger charge is 2.38. The van der Waals surface area contributed by atoms with Crippen molar-refractivity contribution in [2.24, 2.45) is 0 Å². The van der Waals surface area contributed by atoms with Crippen LogP contribution in [-0.4, -0.2) is 47.9 Å². The SMILES string of the molecule is C[C@H](COc1cc(F)cc(F)c1-c1c(-c2cc([C@H](C)NC(=O)OC(C)(C)C)[nH]n2)[nH]c(=O)c2ccsc12)O[Si](C)(C)C(C)(C)C. The third-order valence-corrected chi connectivity index (χ3v) is 13.3. The highest BCUT2D eigenvalue weighted by Crippen LogP contribution is 2.44. The number of benzene rings is 1. The maximum Gasteiger partial charge on any atom is 0.408 e. The van der Waals surface area contributed by atoms with Gasteiger partial charge in [-0.3, -0.25) is 9.89 Å². The minimum absolute atomic E-state index is 0.0147. The van der Waals surface area contributed by atoms with Crippen LogP contribution < -0.4 is 15.6 Å². The Morgan fingerprint density at radius 2 is 1.78 bits per heavy atom. The van der Waals surface area contributed by atoms with Gasteiger partial charge in [0, 0.05) is 17.7 Å². The van der Waals surface area contributed by atoms with Gasteiger partial charge in [-0.05, 0) is 70.3 Å². The number of H-pyrrole nitrogens is 2. The topological polar surface area (TPSA) is 118 Å². The summed E-state index contributed by atoms with van der Waals surface area (Å²) >= 11 is 1.25. The lowest BCUT2D eigenvalue weighted by Gasteiger charge is -2.38. The molecule has 0 spiro atoms. The third-order valence-electron chi connectivity index (χ3n) is 7.72. The molecule has 0 aliphatic carbocycles. The van der Waals surface area contributed by atoms with E-state index in [1.165, 1.54) is 11.3 Å². The second-order valence-electron chi connectivity index (χ2n) is 13.7. The van der Waals surface area contributed by atoms with Gasteiger partial charge in [0.1, 0.15) is 35.3 Å². The van der Waals surface area contributed by atoms with Gasteiger partial charge in [0.25, 0.3) is 5.56 Å². The summed E-state index contributed by atoms with van der Waals surface area (Å²) in [4.78, 5) is 28.3. The van der Waals surface area contributed by atoms with E-state index in [2.05, 4.69) is 54.4 Å². The zero-order valence-corrected chi connectivity index (χ0v) is 29.2. The van der Waals surface area contributed by atoms with Crippen LogP contribution in [0.5, 0.6) is 5.75 Å². The molecule has 3 heterocycles. The summed E-state index contributed by atoms with van der Waals surface area (Å²) in [6.07, 6.45) is -0.961. The molecule has 9 nitrogen and oxygen atoms in total. The molecular weight excluding hydrogens is 619 g/mol. The molecule has 1 aromatic carbocycles. The number of aromatic nitrogens is 3. The number of nitrogens with zero attached hydrogens (tertiary/aromatic N) is 1. The zero-order chi connectivity index (χ0) is 33.5. The van der Waals surface area contributed by atoms with Gasteiger partial charge in [0.2, 0.25) is 0 Å². The van der Waals surface area contributed by atoms with Crippen molar-refractivity contribution in [2.75, 3.05) is 6.61 Å². The van der Waals surface area contributed by atoms with Crippen LogP contribution in [0, 0.1) is 11.6 Å². The average molecular weight is 661 g/mol. The number of rotatable bonds is 9. The van der Waals surface area contributed by atoms with Gasteiger partial charge in [-0.1, -0.05) is 20.8 Å². The van der Waals surface area contributed by atoms with Crippen LogP contribution >= 0.6 is 11.3 Å². The van der Waals surface area contributed by atoms with Crippen molar-refractivity contribution in [2.45, 2.75) is 91.3 Å². The molecule has 0 bridgehead atoms. The van der Waals surface area contributed by atoms with E-state index in [0.717, 1.165) is 12.1 Å². The van der Waals surface area contributed by atoms with Crippen molar-refractivity contribution >= 4 is 35.8 Å². The van der Waals surface area contributed by atoms with Crippen molar-refractivity contribution in [3.8, 4) is 28.3 Å². The number of pyridine rings is 1. The quantitative estimate of drug-likeness (QED) is 0.156. The van der Waals surface area contributed by atoms with Gasteiger partial charge in [0.05, 0.1) is 39.2 Å². The first-order valence-electron chi connectivity index (χ1n) is 14.8. The fourth-order valence-electron chi connectivity index (χ4n) is 4.55. The molecule has 0 fully saturated rings. The first-order valence-corrected chi connectivity index (χ1v) is 18.5. The smallest absolute Gasteiger partial charge is 0.408 e. The molecular formula is C32H42F2N4O5SSi. The maximum atomic E-state index is 15.9. The molecule has 3 N–H and O–H groups in total. The monoisotopic (exact) mass is 660 g/mol. The van der Waals surface area contributed by atoms with E-state index in [-0.39, 0.29) is 40.4 Å². The van der Waals surface area contributed by atoms with E-state index >= 15 is 4.39 Å². The molecule has 13 heteroatoms. The lowest BCUT2D eigenvalue weighted by Crippen LogP contribution is -2.44. The largest absolute Gasteiger partial charge is 0.490 e. The second-order valence-corrected chi connectivity index (χ2v) is 19.4. The van der Waals surface area contributed by atoms with Crippen LogP contribution in [0.15, 0.2) is 34.4 Å². The number of nitrogens with one attached hydrogen (secondary N) is 3. The second kappa shape index (κ2) is 12.7. The van der Waals surface area contributed by atoms with Gasteiger partial charge in [-0.2, -0.15) is 5.10 Å². The van der Waals surface area contributed by atoms with Crippen molar-refractivity contribution in [3.63, 3.8) is 0 Å². The summed E-state index contributed by atoms with van der Waals surface area (Å²) in [7, 11) is -2.13. The number of ether oxygens (including phenoxy) is 2. The minimum Gasteiger partial charge on any atom is -0.490 e. The van der Waals surface area contributed by atoms with E-state index in [0.29, 0.717) is 21.3 Å². The van der Waals surface area contributed by atoms with E-state index in [1.807, 2.05) is 6.92 Å². The Morgan fingerprint density at radius 1 is 1.09 bits per heavy atom. The van der Waals surface area contributed by atoms with Gasteiger partial charge in [-0.25, -0.2) is 13.6 Å². The molecule has 0 aliphatic rings. The third kappa shape index (κ3) is 7.82. The standard InChI is InChI=1S/C32H42F2N4O5SSi/c1-17(43-45(9,10)32(6,7)8)16-41-24-14-19(33)13-21(34)25(24)26-27(36-29(39)20-11-12-44-28(20)26)23-15-22(37-38-23)18(2)35-30(40)42-31(3,4)5/h11-15,17-18H,16H2,1-10H3,(H,35,40)(H,36,39)(H,37,38)/t17-,18+/m1/s1. The number of amides is 1. The number of thiophene rings is 1. The molecule has 0 radical (unpaired) electrons.